The molecule has 1 aliphatic rings. The number of hydrogen-bond donors (Lipinski definition) is 1. The molecule has 7 nitrogen and oxygen atoms in total. The Kier molecular flexibility index (Phi) is 5.78. The number of rotatable bonds is 6. The molecule has 0 radical (unpaired) electrons. The molecule has 0 saturated carbocycles. The van der Waals surface area contributed by atoms with Crippen molar-refractivity contribution in [3.8, 4) is 11.5 Å². The average Bonchev–Trinajstić information content (AvgIpc) is 2.66. The first-order valence-corrected chi connectivity index (χ1v) is 9.12. The van der Waals surface area contributed by atoms with E-state index < -0.39 is 0 Å². The zero-order valence-electron chi connectivity index (χ0n) is 16.3. The molecule has 0 atom stereocenters. The van der Waals surface area contributed by atoms with Crippen LogP contribution in [-0.4, -0.2) is 36.9 Å². The van der Waals surface area contributed by atoms with E-state index in [9.17, 15) is 4.79 Å². The van der Waals surface area contributed by atoms with E-state index in [0.29, 0.717) is 18.2 Å². The lowest BCUT2D eigenvalue weighted by Gasteiger charge is -2.30. The fourth-order valence-electron chi connectivity index (χ4n) is 3.20. The van der Waals surface area contributed by atoms with Gasteiger partial charge in [-0.05, 0) is 47.7 Å². The molecule has 0 spiro atoms. The summed E-state index contributed by atoms with van der Waals surface area (Å²) < 4.78 is 10.8. The third kappa shape index (κ3) is 4.48. The zero-order valence-corrected chi connectivity index (χ0v) is 16.3. The first kappa shape index (κ1) is 18.9. The van der Waals surface area contributed by atoms with Gasteiger partial charge in [-0.2, -0.15) is 0 Å². The number of methoxy groups -OCH3 is 2. The summed E-state index contributed by atoms with van der Waals surface area (Å²) in [6.07, 6.45) is 1.36. The highest BCUT2D eigenvalue weighted by atomic mass is 16.5. The van der Waals surface area contributed by atoms with Gasteiger partial charge in [-0.25, -0.2) is 0 Å². The molecule has 0 fully saturated rings. The highest BCUT2D eigenvalue weighted by Gasteiger charge is 2.20. The lowest BCUT2D eigenvalue weighted by atomic mass is 9.99. The molecule has 2 aromatic rings. The molecule has 1 aromatic heterocycles. The van der Waals surface area contributed by atoms with Crippen LogP contribution in [0.5, 0.6) is 11.5 Å². The molecule has 27 heavy (non-hydrogen) atoms. The van der Waals surface area contributed by atoms with Gasteiger partial charge in [0.2, 0.25) is 5.91 Å². The fourth-order valence-corrected chi connectivity index (χ4v) is 3.20. The van der Waals surface area contributed by atoms with Crippen LogP contribution in [0.3, 0.4) is 0 Å². The number of amides is 1. The Labute approximate surface area is 159 Å². The van der Waals surface area contributed by atoms with Gasteiger partial charge in [0, 0.05) is 19.5 Å². The van der Waals surface area contributed by atoms with Crippen LogP contribution in [0.15, 0.2) is 24.3 Å². The van der Waals surface area contributed by atoms with Crippen molar-refractivity contribution in [2.75, 3.05) is 31.0 Å². The Balaban J connectivity index is 1.71. The second-order valence-corrected chi connectivity index (χ2v) is 7.07. The summed E-state index contributed by atoms with van der Waals surface area (Å²) in [5, 5.41) is 11.2. The van der Waals surface area contributed by atoms with E-state index in [0.717, 1.165) is 36.8 Å². The number of carbonyl (C=O) groups is 1. The zero-order chi connectivity index (χ0) is 19.4. The molecule has 0 saturated heterocycles. The summed E-state index contributed by atoms with van der Waals surface area (Å²) in [4.78, 5) is 14.0. The number of anilines is 2. The number of ether oxygens (including phenoxy) is 2. The van der Waals surface area contributed by atoms with Gasteiger partial charge in [-0.15, -0.1) is 10.2 Å². The van der Waals surface area contributed by atoms with Crippen LogP contribution in [0, 0.1) is 5.92 Å². The fraction of sp³-hybridized carbons (Fsp3) is 0.450. The van der Waals surface area contributed by atoms with Crippen LogP contribution in [0.4, 0.5) is 11.6 Å². The highest BCUT2D eigenvalue weighted by molar-refractivity contribution is 5.89. The summed E-state index contributed by atoms with van der Waals surface area (Å²) in [5.41, 5.74) is 2.45. The smallest absolute Gasteiger partial charge is 0.225 e. The second-order valence-electron chi connectivity index (χ2n) is 7.07. The maximum absolute atomic E-state index is 11.8. The summed E-state index contributed by atoms with van der Waals surface area (Å²) in [7, 11) is 3.29. The third-order valence-corrected chi connectivity index (χ3v) is 4.55. The largest absolute Gasteiger partial charge is 0.493 e. The van der Waals surface area contributed by atoms with Gasteiger partial charge in [0.05, 0.1) is 14.2 Å². The van der Waals surface area contributed by atoms with Gasteiger partial charge < -0.3 is 19.7 Å². The summed E-state index contributed by atoms with van der Waals surface area (Å²) in [6.45, 7) is 5.58. The topological polar surface area (TPSA) is 76.6 Å². The Hall–Kier alpha value is -2.83. The molecule has 144 valence electrons. The minimum absolute atomic E-state index is 0.0417. The quantitative estimate of drug-likeness (QED) is 0.842. The van der Waals surface area contributed by atoms with Gasteiger partial charge in [0.15, 0.2) is 23.1 Å². The van der Waals surface area contributed by atoms with E-state index in [2.05, 4.69) is 20.4 Å². The van der Waals surface area contributed by atoms with Crippen LogP contribution in [0.25, 0.3) is 0 Å². The lowest BCUT2D eigenvalue weighted by molar-refractivity contribution is -0.116. The molecule has 7 heteroatoms. The van der Waals surface area contributed by atoms with Crippen LogP contribution in [0.1, 0.15) is 31.4 Å². The normalized spacial score (nSPS) is 13.3. The van der Waals surface area contributed by atoms with E-state index in [1.54, 1.807) is 20.3 Å². The van der Waals surface area contributed by atoms with Crippen molar-refractivity contribution in [1.29, 1.82) is 0 Å². The second kappa shape index (κ2) is 8.24. The van der Waals surface area contributed by atoms with Crippen molar-refractivity contribution < 1.29 is 14.3 Å². The number of aromatic nitrogens is 2. The highest BCUT2D eigenvalue weighted by Crippen LogP contribution is 2.34. The summed E-state index contributed by atoms with van der Waals surface area (Å²) >= 11 is 0. The lowest BCUT2D eigenvalue weighted by Crippen LogP contribution is -2.31. The molecular weight excluding hydrogens is 344 g/mol. The first-order valence-electron chi connectivity index (χ1n) is 9.12. The molecule has 0 aliphatic carbocycles. The van der Waals surface area contributed by atoms with E-state index in [-0.39, 0.29) is 5.91 Å². The number of hydrogen-bond acceptors (Lipinski definition) is 6. The molecule has 2 heterocycles. The van der Waals surface area contributed by atoms with Crippen LogP contribution in [-0.2, 0) is 17.8 Å². The predicted molar refractivity (Wildman–Crippen MR) is 104 cm³/mol. The minimum atomic E-state index is -0.0417. The summed E-state index contributed by atoms with van der Waals surface area (Å²) in [5.74, 6) is 3.02. The SMILES string of the molecule is COc1cc2c(cc1OC)CN(c1ccc(NC(=O)CC(C)C)nn1)CC2. The molecular formula is C20H26N4O3. The number of nitrogens with zero attached hydrogens (tertiary/aromatic N) is 3. The number of benzene rings is 1. The maximum Gasteiger partial charge on any atom is 0.225 e. The van der Waals surface area contributed by atoms with Gasteiger partial charge in [-0.3, -0.25) is 4.79 Å². The van der Waals surface area contributed by atoms with Crippen molar-refractivity contribution >= 4 is 17.5 Å². The number of carbonyl (C=O) groups excluding carboxylic acids is 1. The standard InChI is InChI=1S/C20H26N4O3/c1-13(2)9-20(25)21-18-5-6-19(23-22-18)24-8-7-14-10-16(26-3)17(27-4)11-15(14)12-24/h5-6,10-11,13H,7-9,12H2,1-4H3,(H,21,22,25). The molecule has 1 aliphatic heterocycles. The Morgan fingerprint density at radius 3 is 2.44 bits per heavy atom. The third-order valence-electron chi connectivity index (χ3n) is 4.55. The van der Waals surface area contributed by atoms with Crippen molar-refractivity contribution in [1.82, 2.24) is 10.2 Å². The van der Waals surface area contributed by atoms with Gasteiger partial charge in [0.1, 0.15) is 0 Å². The average molecular weight is 370 g/mol. The molecule has 1 N–H and O–H groups in total. The van der Waals surface area contributed by atoms with Crippen LogP contribution < -0.4 is 19.7 Å². The van der Waals surface area contributed by atoms with Crippen molar-refractivity contribution in [3.05, 3.63) is 35.4 Å². The number of nitrogens with one attached hydrogen (secondary N) is 1. The van der Waals surface area contributed by atoms with E-state index in [1.165, 1.54) is 11.1 Å². The molecule has 0 unspecified atom stereocenters. The summed E-state index contributed by atoms with van der Waals surface area (Å²) in [6, 6.07) is 7.76. The molecule has 1 aromatic carbocycles. The molecule has 3 rings (SSSR count). The van der Waals surface area contributed by atoms with E-state index in [1.807, 2.05) is 32.0 Å². The van der Waals surface area contributed by atoms with E-state index in [4.69, 9.17) is 9.47 Å². The van der Waals surface area contributed by atoms with Crippen molar-refractivity contribution in [2.45, 2.75) is 33.2 Å². The molecule has 1 amide bonds. The van der Waals surface area contributed by atoms with Gasteiger partial charge in [-0.1, -0.05) is 13.8 Å². The molecule has 0 bridgehead atoms. The predicted octanol–water partition coefficient (Wildman–Crippen LogP) is 3.04. The maximum atomic E-state index is 11.8. The van der Waals surface area contributed by atoms with Crippen molar-refractivity contribution in [2.24, 2.45) is 5.92 Å². The van der Waals surface area contributed by atoms with Gasteiger partial charge in [0.25, 0.3) is 0 Å². The van der Waals surface area contributed by atoms with Gasteiger partial charge >= 0.3 is 0 Å². The monoisotopic (exact) mass is 370 g/mol. The number of fused-ring (bicyclic) bond motifs is 1. The Morgan fingerprint density at radius 2 is 1.85 bits per heavy atom. The van der Waals surface area contributed by atoms with E-state index >= 15 is 0 Å². The first-order chi connectivity index (χ1) is 13.0. The Morgan fingerprint density at radius 1 is 1.15 bits per heavy atom. The van der Waals surface area contributed by atoms with Crippen molar-refractivity contribution in [3.63, 3.8) is 0 Å². The Bertz CT molecular complexity index is 806. The van der Waals surface area contributed by atoms with Crippen LogP contribution in [0.2, 0.25) is 0 Å². The minimum Gasteiger partial charge on any atom is -0.493 e. The van der Waals surface area contributed by atoms with Crippen LogP contribution >= 0.6 is 0 Å².